The summed E-state index contributed by atoms with van der Waals surface area (Å²) in [6, 6.07) is 3.71. The fourth-order valence-electron chi connectivity index (χ4n) is 3.74. The van der Waals surface area contributed by atoms with E-state index in [1.807, 2.05) is 13.1 Å². The zero-order valence-electron chi connectivity index (χ0n) is 18.1. The number of hydrogen-bond acceptors (Lipinski definition) is 8. The number of pyridine rings is 2. The van der Waals surface area contributed by atoms with Crippen LogP contribution in [-0.4, -0.2) is 53.3 Å². The van der Waals surface area contributed by atoms with Crippen molar-refractivity contribution >= 4 is 34.1 Å². The fourth-order valence-corrected chi connectivity index (χ4v) is 3.74. The number of nitrogens with one attached hydrogen (secondary N) is 2. The van der Waals surface area contributed by atoms with Crippen molar-refractivity contribution in [3.8, 4) is 17.6 Å². The number of carbonyl (C=O) groups is 1. The van der Waals surface area contributed by atoms with E-state index in [-0.39, 0.29) is 11.8 Å². The van der Waals surface area contributed by atoms with Gasteiger partial charge in [-0.15, -0.1) is 10.2 Å². The highest BCUT2D eigenvalue weighted by Crippen LogP contribution is 2.38. The number of rotatable bonds is 3. The number of hydrogen-bond donors (Lipinski definition) is 2. The molecule has 0 saturated heterocycles. The van der Waals surface area contributed by atoms with Gasteiger partial charge in [-0.25, -0.2) is 9.97 Å². The highest BCUT2D eigenvalue weighted by molar-refractivity contribution is 5.97. The van der Waals surface area contributed by atoms with Gasteiger partial charge in [-0.3, -0.25) is 4.79 Å². The summed E-state index contributed by atoms with van der Waals surface area (Å²) < 4.78 is 5.65. The summed E-state index contributed by atoms with van der Waals surface area (Å²) in [6.07, 6.45) is 4.30. The molecule has 1 fully saturated rings. The molecule has 1 aliphatic carbocycles. The topological polar surface area (TPSA) is 105 Å². The van der Waals surface area contributed by atoms with E-state index in [4.69, 9.17) is 4.74 Å². The molecule has 1 amide bonds. The van der Waals surface area contributed by atoms with Crippen molar-refractivity contribution in [2.24, 2.45) is 11.8 Å². The van der Waals surface area contributed by atoms with Crippen LogP contribution in [0.1, 0.15) is 24.6 Å². The minimum Gasteiger partial charge on any atom is -0.488 e. The van der Waals surface area contributed by atoms with Crippen molar-refractivity contribution in [1.82, 2.24) is 20.2 Å². The molecule has 162 valence electrons. The Morgan fingerprint density at radius 1 is 1.22 bits per heavy atom. The average molecular weight is 429 g/mol. The number of nitrogens with zero attached hydrogens (tertiary/aromatic N) is 5. The molecule has 1 saturated carbocycles. The first-order valence-corrected chi connectivity index (χ1v) is 10.5. The summed E-state index contributed by atoms with van der Waals surface area (Å²) in [6.45, 7) is 3.52. The largest absolute Gasteiger partial charge is 0.488 e. The zero-order chi connectivity index (χ0) is 22.2. The molecule has 4 heterocycles. The summed E-state index contributed by atoms with van der Waals surface area (Å²) in [5, 5.41) is 15.1. The maximum absolute atomic E-state index is 12.3. The average Bonchev–Trinajstić information content (AvgIpc) is 3.54. The van der Waals surface area contributed by atoms with Crippen molar-refractivity contribution in [3.05, 3.63) is 35.8 Å². The van der Waals surface area contributed by atoms with Crippen LogP contribution in [0.2, 0.25) is 0 Å². The third-order valence-corrected chi connectivity index (χ3v) is 5.83. The molecule has 0 unspecified atom stereocenters. The van der Waals surface area contributed by atoms with E-state index in [2.05, 4.69) is 54.5 Å². The molecule has 2 N–H and O–H groups in total. The van der Waals surface area contributed by atoms with Crippen molar-refractivity contribution in [3.63, 3.8) is 0 Å². The van der Waals surface area contributed by atoms with Crippen molar-refractivity contribution in [2.75, 3.05) is 42.8 Å². The highest BCUT2D eigenvalue weighted by Gasteiger charge is 2.39. The summed E-state index contributed by atoms with van der Waals surface area (Å²) in [5.74, 6) is 8.48. The van der Waals surface area contributed by atoms with Crippen molar-refractivity contribution in [2.45, 2.75) is 13.3 Å². The number of aromatic nitrogens is 4. The van der Waals surface area contributed by atoms with E-state index >= 15 is 0 Å². The Morgan fingerprint density at radius 2 is 2.06 bits per heavy atom. The number of fused-ring (bicyclic) bond motifs is 2. The maximum atomic E-state index is 12.3. The van der Waals surface area contributed by atoms with Crippen LogP contribution in [0.4, 0.5) is 17.3 Å². The Kier molecular flexibility index (Phi) is 4.98. The maximum Gasteiger partial charge on any atom is 0.228 e. The molecule has 1 aliphatic heterocycles. The number of anilines is 3. The van der Waals surface area contributed by atoms with E-state index in [1.165, 1.54) is 0 Å². The molecule has 3 aromatic heterocycles. The summed E-state index contributed by atoms with van der Waals surface area (Å²) in [5.41, 5.74) is 2.86. The smallest absolute Gasteiger partial charge is 0.228 e. The van der Waals surface area contributed by atoms with Gasteiger partial charge in [0.05, 0.1) is 24.0 Å². The predicted octanol–water partition coefficient (Wildman–Crippen LogP) is 2.28. The van der Waals surface area contributed by atoms with Gasteiger partial charge in [-0.1, -0.05) is 12.8 Å². The highest BCUT2D eigenvalue weighted by atomic mass is 16.5. The number of carbonyl (C=O) groups excluding carboxylic acids is 1. The minimum absolute atomic E-state index is 0.0220. The Hall–Kier alpha value is -3.93. The summed E-state index contributed by atoms with van der Waals surface area (Å²) in [4.78, 5) is 23.3. The number of amides is 1. The van der Waals surface area contributed by atoms with Crippen LogP contribution in [0.25, 0.3) is 10.9 Å². The molecule has 5 rings (SSSR count). The lowest BCUT2D eigenvalue weighted by Gasteiger charge is -2.27. The van der Waals surface area contributed by atoms with E-state index < -0.39 is 0 Å². The molecule has 0 bridgehead atoms. The second-order valence-corrected chi connectivity index (χ2v) is 8.13. The van der Waals surface area contributed by atoms with Gasteiger partial charge >= 0.3 is 0 Å². The van der Waals surface area contributed by atoms with Gasteiger partial charge in [-0.2, -0.15) is 0 Å². The molecule has 3 aromatic rings. The summed E-state index contributed by atoms with van der Waals surface area (Å²) in [7, 11) is 3.79. The quantitative estimate of drug-likeness (QED) is 0.611. The monoisotopic (exact) mass is 429 g/mol. The fraction of sp³-hybridized carbons (Fsp3) is 0.348. The lowest BCUT2D eigenvalue weighted by Crippen LogP contribution is -2.28. The van der Waals surface area contributed by atoms with Gasteiger partial charge in [0, 0.05) is 31.6 Å². The third kappa shape index (κ3) is 3.75. The Bertz CT molecular complexity index is 1280. The van der Waals surface area contributed by atoms with E-state index in [0.29, 0.717) is 40.9 Å². The van der Waals surface area contributed by atoms with Crippen LogP contribution in [0.5, 0.6) is 5.75 Å². The van der Waals surface area contributed by atoms with Crippen LogP contribution in [0.3, 0.4) is 0 Å². The molecule has 9 heteroatoms. The van der Waals surface area contributed by atoms with Crippen LogP contribution in [-0.2, 0) is 4.79 Å². The van der Waals surface area contributed by atoms with Crippen LogP contribution in [0.15, 0.2) is 24.5 Å². The number of ether oxygens (including phenoxy) is 1. The Labute approximate surface area is 185 Å². The van der Waals surface area contributed by atoms with E-state index in [1.54, 1.807) is 25.5 Å². The van der Waals surface area contributed by atoms with E-state index in [0.717, 1.165) is 29.8 Å². The molecule has 2 aliphatic rings. The molecule has 2 atom stereocenters. The van der Waals surface area contributed by atoms with Gasteiger partial charge in [0.25, 0.3) is 0 Å². The molecule has 9 nitrogen and oxygen atoms in total. The number of likely N-dealkylation sites (N-methyl/N-ethyl adjacent to an activating group) is 1. The molecular formula is C23H23N7O2. The molecule has 0 aromatic carbocycles. The normalized spacial score (nSPS) is 18.8. The van der Waals surface area contributed by atoms with Gasteiger partial charge in [0.1, 0.15) is 17.8 Å². The predicted molar refractivity (Wildman–Crippen MR) is 122 cm³/mol. The molecule has 0 radical (unpaired) electrons. The van der Waals surface area contributed by atoms with Gasteiger partial charge in [0.15, 0.2) is 17.4 Å². The first kappa shape index (κ1) is 20.0. The third-order valence-electron chi connectivity index (χ3n) is 5.83. The van der Waals surface area contributed by atoms with Crippen molar-refractivity contribution < 1.29 is 9.53 Å². The molecular weight excluding hydrogens is 406 g/mol. The lowest BCUT2D eigenvalue weighted by atomic mass is 10.1. The van der Waals surface area contributed by atoms with E-state index in [9.17, 15) is 4.79 Å². The second-order valence-electron chi connectivity index (χ2n) is 8.13. The van der Waals surface area contributed by atoms with Crippen LogP contribution in [0, 0.1) is 23.7 Å². The minimum atomic E-state index is -0.0220. The Balaban J connectivity index is 1.50. The van der Waals surface area contributed by atoms with Gasteiger partial charge < -0.3 is 20.3 Å². The molecule has 32 heavy (non-hydrogen) atoms. The van der Waals surface area contributed by atoms with Gasteiger partial charge in [-0.05, 0) is 30.4 Å². The second kappa shape index (κ2) is 7.96. The van der Waals surface area contributed by atoms with Crippen LogP contribution < -0.4 is 20.3 Å². The van der Waals surface area contributed by atoms with Crippen molar-refractivity contribution in [1.29, 1.82) is 0 Å². The first-order chi connectivity index (χ1) is 15.5. The Morgan fingerprint density at radius 3 is 2.84 bits per heavy atom. The lowest BCUT2D eigenvalue weighted by molar-refractivity contribution is -0.117. The molecule has 0 spiro atoms. The standard InChI is InChI=1S/C23H23N7O2/c1-13-8-16(13)23(31)27-20-10-17-14(11-26-22(24-2)21(17)29-28-20)4-5-15-9-18-19(12-25-15)32-7-6-30(18)3/h9-13,16H,6-8H2,1-3H3,(H,24,26)(H,27,28,31)/t13-,16+/m1/s1. The zero-order valence-corrected chi connectivity index (χ0v) is 18.1. The van der Waals surface area contributed by atoms with Crippen LogP contribution >= 0.6 is 0 Å². The SMILES string of the molecule is CNc1ncc(C#Cc2cc3c(cn2)OCCN3C)c2cc(NC(=O)[C@H]3C[C@H]3C)nnc12. The summed E-state index contributed by atoms with van der Waals surface area (Å²) >= 11 is 0. The van der Waals surface area contributed by atoms with Gasteiger partial charge in [0.2, 0.25) is 5.91 Å². The first-order valence-electron chi connectivity index (χ1n) is 10.5.